The van der Waals surface area contributed by atoms with E-state index in [1.807, 2.05) is 4.90 Å². The highest BCUT2D eigenvalue weighted by Crippen LogP contribution is 2.19. The van der Waals surface area contributed by atoms with Gasteiger partial charge in [-0.05, 0) is 30.2 Å². The van der Waals surface area contributed by atoms with E-state index >= 15 is 0 Å². The van der Waals surface area contributed by atoms with Crippen LogP contribution in [-0.2, 0) is 0 Å². The van der Waals surface area contributed by atoms with Gasteiger partial charge < -0.3 is 15.1 Å². The smallest absolute Gasteiger partial charge is 0.317 e. The first kappa shape index (κ1) is 15.2. The van der Waals surface area contributed by atoms with Crippen LogP contribution in [0.3, 0.4) is 0 Å². The summed E-state index contributed by atoms with van der Waals surface area (Å²) in [7, 11) is 0. The van der Waals surface area contributed by atoms with Crippen LogP contribution in [0.1, 0.15) is 13.8 Å². The zero-order chi connectivity index (χ0) is 14.5. The molecule has 20 heavy (non-hydrogen) atoms. The van der Waals surface area contributed by atoms with Crippen LogP contribution >= 0.6 is 15.9 Å². The van der Waals surface area contributed by atoms with Gasteiger partial charge >= 0.3 is 6.03 Å². The number of piperazine rings is 1. The van der Waals surface area contributed by atoms with Gasteiger partial charge in [-0.2, -0.15) is 0 Å². The van der Waals surface area contributed by atoms with Crippen molar-refractivity contribution in [3.63, 3.8) is 0 Å². The molecule has 1 fully saturated rings. The maximum atomic E-state index is 12.0. The Balaban J connectivity index is 1.83. The third-order valence-corrected chi connectivity index (χ3v) is 3.95. The van der Waals surface area contributed by atoms with Gasteiger partial charge in [0.2, 0.25) is 0 Å². The van der Waals surface area contributed by atoms with Gasteiger partial charge in [0.1, 0.15) is 0 Å². The minimum Gasteiger partial charge on any atom is -0.368 e. The molecule has 0 aromatic heterocycles. The first-order valence-corrected chi connectivity index (χ1v) is 7.89. The van der Waals surface area contributed by atoms with Crippen molar-refractivity contribution in [3.05, 3.63) is 28.7 Å². The van der Waals surface area contributed by atoms with Crippen LogP contribution < -0.4 is 10.2 Å². The quantitative estimate of drug-likeness (QED) is 0.918. The summed E-state index contributed by atoms with van der Waals surface area (Å²) in [5.74, 6) is 0.489. The molecule has 5 heteroatoms. The fourth-order valence-electron chi connectivity index (χ4n) is 2.22. The Labute approximate surface area is 129 Å². The van der Waals surface area contributed by atoms with E-state index in [1.54, 1.807) is 0 Å². The van der Waals surface area contributed by atoms with E-state index in [2.05, 4.69) is 64.3 Å². The normalized spacial score (nSPS) is 15.6. The third kappa shape index (κ3) is 4.13. The molecular formula is C15H22BrN3O. The summed E-state index contributed by atoms with van der Waals surface area (Å²) < 4.78 is 1.09. The van der Waals surface area contributed by atoms with Crippen molar-refractivity contribution in [2.45, 2.75) is 13.8 Å². The van der Waals surface area contributed by atoms with E-state index in [0.29, 0.717) is 5.92 Å². The predicted octanol–water partition coefficient (Wildman–Crippen LogP) is 2.94. The number of carbonyl (C=O) groups is 1. The molecule has 0 aliphatic carbocycles. The van der Waals surface area contributed by atoms with Gasteiger partial charge in [0.25, 0.3) is 0 Å². The van der Waals surface area contributed by atoms with Gasteiger partial charge in [-0.3, -0.25) is 0 Å². The van der Waals surface area contributed by atoms with Crippen LogP contribution in [0.2, 0.25) is 0 Å². The lowest BCUT2D eigenvalue weighted by Gasteiger charge is -2.36. The molecule has 1 aliphatic heterocycles. The maximum absolute atomic E-state index is 12.0. The topological polar surface area (TPSA) is 35.6 Å². The largest absolute Gasteiger partial charge is 0.368 e. The van der Waals surface area contributed by atoms with Gasteiger partial charge in [-0.1, -0.05) is 29.8 Å². The van der Waals surface area contributed by atoms with Crippen molar-refractivity contribution in [1.82, 2.24) is 10.2 Å². The van der Waals surface area contributed by atoms with E-state index in [4.69, 9.17) is 0 Å². The molecule has 1 saturated heterocycles. The molecule has 1 aromatic rings. The first-order valence-electron chi connectivity index (χ1n) is 7.09. The number of anilines is 1. The molecule has 0 unspecified atom stereocenters. The highest BCUT2D eigenvalue weighted by molar-refractivity contribution is 9.10. The van der Waals surface area contributed by atoms with Crippen LogP contribution in [-0.4, -0.2) is 43.7 Å². The molecule has 1 aliphatic rings. The summed E-state index contributed by atoms with van der Waals surface area (Å²) in [5.41, 5.74) is 1.22. The number of nitrogens with one attached hydrogen (secondary N) is 1. The Hall–Kier alpha value is -1.23. The van der Waals surface area contributed by atoms with E-state index in [-0.39, 0.29) is 6.03 Å². The second-order valence-electron chi connectivity index (χ2n) is 5.53. The molecule has 110 valence electrons. The molecule has 0 atom stereocenters. The third-order valence-electron chi connectivity index (χ3n) is 3.42. The SMILES string of the molecule is CC(C)CNC(=O)N1CCN(c2ccc(Br)cc2)CC1. The van der Waals surface area contributed by atoms with Crippen LogP contribution in [0.4, 0.5) is 10.5 Å². The van der Waals surface area contributed by atoms with Gasteiger partial charge in [0, 0.05) is 42.9 Å². The van der Waals surface area contributed by atoms with Gasteiger partial charge in [0.15, 0.2) is 0 Å². The minimum atomic E-state index is 0.0640. The fraction of sp³-hybridized carbons (Fsp3) is 0.533. The van der Waals surface area contributed by atoms with Crippen molar-refractivity contribution < 1.29 is 4.79 Å². The Morgan fingerprint density at radius 1 is 1.20 bits per heavy atom. The molecule has 1 aromatic carbocycles. The Bertz CT molecular complexity index is 439. The minimum absolute atomic E-state index is 0.0640. The monoisotopic (exact) mass is 339 g/mol. The Morgan fingerprint density at radius 3 is 2.35 bits per heavy atom. The highest BCUT2D eigenvalue weighted by atomic mass is 79.9. The highest BCUT2D eigenvalue weighted by Gasteiger charge is 2.21. The number of hydrogen-bond donors (Lipinski definition) is 1. The molecule has 2 amide bonds. The fourth-order valence-corrected chi connectivity index (χ4v) is 2.49. The number of rotatable bonds is 3. The molecule has 2 rings (SSSR count). The summed E-state index contributed by atoms with van der Waals surface area (Å²) in [5, 5.41) is 2.98. The predicted molar refractivity (Wildman–Crippen MR) is 86.2 cm³/mol. The van der Waals surface area contributed by atoms with E-state index in [9.17, 15) is 4.79 Å². The number of urea groups is 1. The summed E-state index contributed by atoms with van der Waals surface area (Å²) in [6.45, 7) is 8.27. The summed E-state index contributed by atoms with van der Waals surface area (Å²) in [6, 6.07) is 8.39. The standard InChI is InChI=1S/C15H22BrN3O/c1-12(2)11-17-15(20)19-9-7-18(8-10-19)14-5-3-13(16)4-6-14/h3-6,12H,7-11H2,1-2H3,(H,17,20). The second-order valence-corrected chi connectivity index (χ2v) is 6.45. The Kier molecular flexibility index (Phi) is 5.29. The lowest BCUT2D eigenvalue weighted by Crippen LogP contribution is -2.52. The number of hydrogen-bond acceptors (Lipinski definition) is 2. The lowest BCUT2D eigenvalue weighted by molar-refractivity contribution is 0.193. The van der Waals surface area contributed by atoms with E-state index < -0.39 is 0 Å². The average Bonchev–Trinajstić information content (AvgIpc) is 2.46. The van der Waals surface area contributed by atoms with Gasteiger partial charge in [-0.15, -0.1) is 0 Å². The first-order chi connectivity index (χ1) is 9.56. The van der Waals surface area contributed by atoms with Crippen molar-refractivity contribution >= 4 is 27.6 Å². The molecule has 0 bridgehead atoms. The number of amides is 2. The molecule has 4 nitrogen and oxygen atoms in total. The summed E-state index contributed by atoms with van der Waals surface area (Å²) in [4.78, 5) is 16.2. The zero-order valence-electron chi connectivity index (χ0n) is 12.1. The molecule has 0 spiro atoms. The van der Waals surface area contributed by atoms with Crippen LogP contribution in [0.25, 0.3) is 0 Å². The average molecular weight is 340 g/mol. The van der Waals surface area contributed by atoms with Crippen molar-refractivity contribution in [2.24, 2.45) is 5.92 Å². The lowest BCUT2D eigenvalue weighted by atomic mass is 10.2. The summed E-state index contributed by atoms with van der Waals surface area (Å²) in [6.07, 6.45) is 0. The van der Waals surface area contributed by atoms with Crippen molar-refractivity contribution in [1.29, 1.82) is 0 Å². The number of nitrogens with zero attached hydrogens (tertiary/aromatic N) is 2. The Morgan fingerprint density at radius 2 is 1.80 bits per heavy atom. The number of benzene rings is 1. The second kappa shape index (κ2) is 6.97. The van der Waals surface area contributed by atoms with Gasteiger partial charge in [-0.25, -0.2) is 4.79 Å². The van der Waals surface area contributed by atoms with Crippen molar-refractivity contribution in [3.8, 4) is 0 Å². The molecular weight excluding hydrogens is 318 g/mol. The van der Waals surface area contributed by atoms with Crippen LogP contribution in [0, 0.1) is 5.92 Å². The number of carbonyl (C=O) groups excluding carboxylic acids is 1. The van der Waals surface area contributed by atoms with Crippen molar-refractivity contribution in [2.75, 3.05) is 37.6 Å². The van der Waals surface area contributed by atoms with E-state index in [0.717, 1.165) is 37.2 Å². The molecule has 1 N–H and O–H groups in total. The van der Waals surface area contributed by atoms with Crippen LogP contribution in [0.5, 0.6) is 0 Å². The summed E-state index contributed by atoms with van der Waals surface area (Å²) >= 11 is 3.45. The van der Waals surface area contributed by atoms with Gasteiger partial charge in [0.05, 0.1) is 0 Å². The zero-order valence-corrected chi connectivity index (χ0v) is 13.7. The molecule has 1 heterocycles. The van der Waals surface area contributed by atoms with Crippen LogP contribution in [0.15, 0.2) is 28.7 Å². The number of halogens is 1. The molecule has 0 radical (unpaired) electrons. The molecule has 0 saturated carbocycles. The van der Waals surface area contributed by atoms with E-state index in [1.165, 1.54) is 5.69 Å². The maximum Gasteiger partial charge on any atom is 0.317 e.